The van der Waals surface area contributed by atoms with E-state index in [9.17, 15) is 4.39 Å². The smallest absolute Gasteiger partial charge is 0.170 e. The average Bonchev–Trinajstić information content (AvgIpc) is 3.32. The van der Waals surface area contributed by atoms with E-state index in [1.165, 1.54) is 12.1 Å². The van der Waals surface area contributed by atoms with Crippen molar-refractivity contribution in [2.24, 2.45) is 0 Å². The molecule has 0 amide bonds. The minimum absolute atomic E-state index is 0.103. The number of hydrogen-bond acceptors (Lipinski definition) is 5. The van der Waals surface area contributed by atoms with Gasteiger partial charge in [0.1, 0.15) is 23.0 Å². The van der Waals surface area contributed by atoms with Crippen LogP contribution in [-0.2, 0) is 0 Å². The highest BCUT2D eigenvalue weighted by molar-refractivity contribution is 5.80. The predicted octanol–water partition coefficient (Wildman–Crippen LogP) is 4.50. The lowest BCUT2D eigenvalue weighted by atomic mass is 9.92. The first-order valence-electron chi connectivity index (χ1n) is 9.83. The summed E-state index contributed by atoms with van der Waals surface area (Å²) in [5, 5.41) is 14.6. The summed E-state index contributed by atoms with van der Waals surface area (Å²) in [6.07, 6.45) is 3.13. The molecule has 0 aliphatic carbocycles. The third kappa shape index (κ3) is 2.96. The van der Waals surface area contributed by atoms with Crippen LogP contribution in [0.5, 0.6) is 0 Å². The van der Waals surface area contributed by atoms with Crippen LogP contribution in [0.4, 0.5) is 4.39 Å². The summed E-state index contributed by atoms with van der Waals surface area (Å²) >= 11 is 0. The quantitative estimate of drug-likeness (QED) is 0.522. The standard InChI is InChI=1S/C21H22FN5O/c1-2-20(27-23-17-7-3-4-8-18(17)24-27)26-11-5-6-14(13-26)21-16-10-9-15(22)12-19(16)28-25-21/h3-4,7-10,12,14,20H,2,5-6,11,13H2,1H3. The van der Waals surface area contributed by atoms with E-state index >= 15 is 0 Å². The Morgan fingerprint density at radius 1 is 1.18 bits per heavy atom. The molecule has 1 fully saturated rings. The van der Waals surface area contributed by atoms with Crippen LogP contribution in [0.15, 0.2) is 47.0 Å². The summed E-state index contributed by atoms with van der Waals surface area (Å²) in [6.45, 7) is 4.02. The molecule has 2 aromatic heterocycles. The first-order valence-corrected chi connectivity index (χ1v) is 9.83. The Bertz CT molecular complexity index is 1090. The largest absolute Gasteiger partial charge is 0.356 e. The number of fused-ring (bicyclic) bond motifs is 2. The van der Waals surface area contributed by atoms with Crippen molar-refractivity contribution in [1.29, 1.82) is 0 Å². The molecule has 2 atom stereocenters. The molecule has 144 valence electrons. The summed E-state index contributed by atoms with van der Waals surface area (Å²) in [6, 6.07) is 12.6. The minimum Gasteiger partial charge on any atom is -0.356 e. The Hall–Kier alpha value is -2.80. The monoisotopic (exact) mass is 379 g/mol. The lowest BCUT2D eigenvalue weighted by Gasteiger charge is -2.36. The Balaban J connectivity index is 1.43. The molecule has 5 rings (SSSR count). The number of likely N-dealkylation sites (tertiary alicyclic amines) is 1. The molecular weight excluding hydrogens is 357 g/mol. The number of benzene rings is 2. The molecule has 1 aliphatic rings. The molecule has 3 heterocycles. The second kappa shape index (κ2) is 6.98. The lowest BCUT2D eigenvalue weighted by molar-refractivity contribution is 0.0778. The second-order valence-corrected chi connectivity index (χ2v) is 7.44. The van der Waals surface area contributed by atoms with Crippen LogP contribution in [0.3, 0.4) is 0 Å². The normalized spacial score (nSPS) is 19.4. The van der Waals surface area contributed by atoms with E-state index in [1.54, 1.807) is 6.07 Å². The molecule has 1 aliphatic heterocycles. The number of nitrogens with zero attached hydrogens (tertiary/aromatic N) is 5. The third-order valence-electron chi connectivity index (χ3n) is 5.66. The summed E-state index contributed by atoms with van der Waals surface area (Å²) in [7, 11) is 0. The number of piperidine rings is 1. The Labute approximate surface area is 161 Å². The molecule has 28 heavy (non-hydrogen) atoms. The van der Waals surface area contributed by atoms with Gasteiger partial charge in [0.05, 0.1) is 5.69 Å². The van der Waals surface area contributed by atoms with E-state index in [4.69, 9.17) is 14.7 Å². The van der Waals surface area contributed by atoms with Crippen molar-refractivity contribution < 1.29 is 8.91 Å². The van der Waals surface area contributed by atoms with Gasteiger partial charge in [-0.1, -0.05) is 24.2 Å². The van der Waals surface area contributed by atoms with Gasteiger partial charge in [0.15, 0.2) is 5.58 Å². The molecule has 6 nitrogen and oxygen atoms in total. The molecule has 4 aromatic rings. The molecule has 2 aromatic carbocycles. The zero-order chi connectivity index (χ0) is 19.1. The molecule has 0 N–H and O–H groups in total. The Morgan fingerprint density at radius 3 is 2.71 bits per heavy atom. The zero-order valence-corrected chi connectivity index (χ0v) is 15.8. The molecule has 0 spiro atoms. The van der Waals surface area contributed by atoms with Gasteiger partial charge in [0.25, 0.3) is 0 Å². The molecule has 2 unspecified atom stereocenters. The molecule has 0 radical (unpaired) electrons. The SMILES string of the molecule is CCC(N1CCCC(c2noc3cc(F)ccc23)C1)n1nc2ccccc2n1. The third-order valence-corrected chi connectivity index (χ3v) is 5.66. The Morgan fingerprint density at radius 2 is 1.96 bits per heavy atom. The van der Waals surface area contributed by atoms with Gasteiger partial charge in [0.2, 0.25) is 0 Å². The molecule has 7 heteroatoms. The molecule has 1 saturated heterocycles. The van der Waals surface area contributed by atoms with Crippen molar-refractivity contribution in [3.05, 3.63) is 54.0 Å². The van der Waals surface area contributed by atoms with E-state index in [2.05, 4.69) is 17.0 Å². The van der Waals surface area contributed by atoms with E-state index in [0.717, 1.165) is 54.5 Å². The van der Waals surface area contributed by atoms with Crippen LogP contribution in [0.1, 0.15) is 44.0 Å². The van der Waals surface area contributed by atoms with Crippen molar-refractivity contribution >= 4 is 22.0 Å². The number of hydrogen-bond donors (Lipinski definition) is 0. The fraction of sp³-hybridized carbons (Fsp3) is 0.381. The lowest BCUT2D eigenvalue weighted by Crippen LogP contribution is -2.40. The predicted molar refractivity (Wildman–Crippen MR) is 104 cm³/mol. The van der Waals surface area contributed by atoms with Gasteiger partial charge in [-0.2, -0.15) is 15.0 Å². The van der Waals surface area contributed by atoms with Crippen molar-refractivity contribution in [3.8, 4) is 0 Å². The first-order chi connectivity index (χ1) is 13.7. The van der Waals surface area contributed by atoms with E-state index in [0.29, 0.717) is 5.58 Å². The van der Waals surface area contributed by atoms with Crippen LogP contribution in [0, 0.1) is 5.82 Å². The van der Waals surface area contributed by atoms with Crippen LogP contribution in [0.25, 0.3) is 22.0 Å². The van der Waals surface area contributed by atoms with Gasteiger partial charge < -0.3 is 4.52 Å². The summed E-state index contributed by atoms with van der Waals surface area (Å²) in [5.41, 5.74) is 3.27. The molecular formula is C21H22FN5O. The molecule has 0 bridgehead atoms. The van der Waals surface area contributed by atoms with E-state index in [1.807, 2.05) is 29.1 Å². The maximum Gasteiger partial charge on any atom is 0.170 e. The summed E-state index contributed by atoms with van der Waals surface area (Å²) < 4.78 is 18.9. The fourth-order valence-corrected chi connectivity index (χ4v) is 4.30. The summed E-state index contributed by atoms with van der Waals surface area (Å²) in [4.78, 5) is 4.28. The van der Waals surface area contributed by atoms with Gasteiger partial charge in [-0.15, -0.1) is 0 Å². The van der Waals surface area contributed by atoms with Crippen molar-refractivity contribution in [3.63, 3.8) is 0 Å². The average molecular weight is 379 g/mol. The van der Waals surface area contributed by atoms with Gasteiger partial charge in [-0.05, 0) is 43.5 Å². The highest BCUT2D eigenvalue weighted by Crippen LogP contribution is 2.34. The van der Waals surface area contributed by atoms with E-state index < -0.39 is 0 Å². The number of halogens is 1. The highest BCUT2D eigenvalue weighted by atomic mass is 19.1. The molecule has 0 saturated carbocycles. The van der Waals surface area contributed by atoms with Gasteiger partial charge >= 0.3 is 0 Å². The minimum atomic E-state index is -0.302. The maximum absolute atomic E-state index is 13.5. The topological polar surface area (TPSA) is 60.0 Å². The number of aromatic nitrogens is 4. The maximum atomic E-state index is 13.5. The van der Waals surface area contributed by atoms with Gasteiger partial charge in [-0.3, -0.25) is 4.90 Å². The van der Waals surface area contributed by atoms with Crippen LogP contribution < -0.4 is 0 Å². The zero-order valence-electron chi connectivity index (χ0n) is 15.8. The summed E-state index contributed by atoms with van der Waals surface area (Å²) in [5.74, 6) is -0.0529. The van der Waals surface area contributed by atoms with Crippen molar-refractivity contribution in [1.82, 2.24) is 25.1 Å². The van der Waals surface area contributed by atoms with Crippen LogP contribution >= 0.6 is 0 Å². The van der Waals surface area contributed by atoms with Crippen LogP contribution in [-0.4, -0.2) is 38.1 Å². The Kier molecular flexibility index (Phi) is 4.31. The van der Waals surface area contributed by atoms with Gasteiger partial charge in [0, 0.05) is 30.5 Å². The van der Waals surface area contributed by atoms with Crippen molar-refractivity contribution in [2.45, 2.75) is 38.3 Å². The first kappa shape index (κ1) is 17.3. The van der Waals surface area contributed by atoms with Gasteiger partial charge in [-0.25, -0.2) is 4.39 Å². The van der Waals surface area contributed by atoms with E-state index in [-0.39, 0.29) is 17.9 Å². The second-order valence-electron chi connectivity index (χ2n) is 7.44. The number of rotatable bonds is 4. The highest BCUT2D eigenvalue weighted by Gasteiger charge is 2.30. The van der Waals surface area contributed by atoms with Crippen LogP contribution in [0.2, 0.25) is 0 Å². The van der Waals surface area contributed by atoms with Crippen molar-refractivity contribution in [2.75, 3.05) is 13.1 Å². The fourth-order valence-electron chi connectivity index (χ4n) is 4.30.